The molecule has 1 aromatic heterocycles. The number of nitrogens with zero attached hydrogens (tertiary/aromatic N) is 4. The van der Waals surface area contributed by atoms with Crippen molar-refractivity contribution in [3.63, 3.8) is 0 Å². The fraction of sp³-hybridized carbons (Fsp3) is 0.571. The van der Waals surface area contributed by atoms with Crippen molar-refractivity contribution in [3.05, 3.63) is 18.2 Å². The van der Waals surface area contributed by atoms with Crippen LogP contribution in [0.4, 0.5) is 0 Å². The Kier molecular flexibility index (Phi) is 3.82. The van der Waals surface area contributed by atoms with Crippen LogP contribution < -0.4 is 4.84 Å². The van der Waals surface area contributed by atoms with E-state index >= 15 is 0 Å². The second kappa shape index (κ2) is 5.51. The minimum Gasteiger partial charge on any atom is -0.398 e. The molecule has 1 aliphatic rings. The van der Waals surface area contributed by atoms with Gasteiger partial charge < -0.3 is 4.84 Å². The predicted molar refractivity (Wildman–Crippen MR) is 81.7 cm³/mol. The first-order chi connectivity index (χ1) is 10.4. The number of rotatable bonds is 3. The molecule has 1 fully saturated rings. The Morgan fingerprint density at radius 1 is 1.23 bits per heavy atom. The second-order valence-electron chi connectivity index (χ2n) is 6.06. The zero-order valence-corrected chi connectivity index (χ0v) is 13.7. The molecular weight excluding hydrogens is 304 g/mol. The van der Waals surface area contributed by atoms with Gasteiger partial charge in [0, 0.05) is 13.1 Å². The molecule has 7 nitrogen and oxygen atoms in total. The van der Waals surface area contributed by atoms with Crippen LogP contribution in [0.15, 0.2) is 23.1 Å². The first kappa shape index (κ1) is 15.2. The van der Waals surface area contributed by atoms with E-state index in [9.17, 15) is 8.42 Å². The third kappa shape index (κ3) is 2.56. The summed E-state index contributed by atoms with van der Waals surface area (Å²) in [5.41, 5.74) is 1.14. The van der Waals surface area contributed by atoms with E-state index in [0.717, 1.165) is 6.42 Å². The van der Waals surface area contributed by atoms with Crippen molar-refractivity contribution in [1.29, 1.82) is 0 Å². The zero-order chi connectivity index (χ0) is 15.9. The normalized spacial score (nSPS) is 23.8. The maximum absolute atomic E-state index is 12.9. The molecule has 1 saturated heterocycles. The third-order valence-corrected chi connectivity index (χ3v) is 5.86. The van der Waals surface area contributed by atoms with Crippen LogP contribution in [0.25, 0.3) is 11.0 Å². The molecule has 2 atom stereocenters. The summed E-state index contributed by atoms with van der Waals surface area (Å²) < 4.78 is 27.3. The number of hydrogen-bond donors (Lipinski definition) is 0. The molecule has 0 bridgehead atoms. The Labute approximate surface area is 129 Å². The topological polar surface area (TPSA) is 77.3 Å². The molecule has 0 spiro atoms. The van der Waals surface area contributed by atoms with Gasteiger partial charge in [0.05, 0.1) is 4.90 Å². The summed E-state index contributed by atoms with van der Waals surface area (Å²) in [5, 5.41) is 7.74. The number of hydrogen-bond acceptors (Lipinski definition) is 5. The summed E-state index contributed by atoms with van der Waals surface area (Å²) in [7, 11) is -2.05. The lowest BCUT2D eigenvalue weighted by Crippen LogP contribution is -2.42. The minimum absolute atomic E-state index is 0.252. The Bertz CT molecular complexity index is 776. The van der Waals surface area contributed by atoms with Gasteiger partial charge in [-0.1, -0.05) is 18.7 Å². The van der Waals surface area contributed by atoms with Crippen LogP contribution in [-0.2, 0) is 10.0 Å². The highest BCUT2D eigenvalue weighted by Gasteiger charge is 2.32. The summed E-state index contributed by atoms with van der Waals surface area (Å²) in [4.78, 5) is 6.52. The van der Waals surface area contributed by atoms with Gasteiger partial charge in [-0.25, -0.2) is 8.42 Å². The van der Waals surface area contributed by atoms with Gasteiger partial charge in [-0.2, -0.15) is 4.31 Å². The molecule has 0 aliphatic carbocycles. The van der Waals surface area contributed by atoms with E-state index in [4.69, 9.17) is 4.84 Å². The van der Waals surface area contributed by atoms with E-state index < -0.39 is 10.0 Å². The quantitative estimate of drug-likeness (QED) is 0.846. The first-order valence-electron chi connectivity index (χ1n) is 7.32. The highest BCUT2D eigenvalue weighted by Crippen LogP contribution is 2.27. The van der Waals surface area contributed by atoms with Gasteiger partial charge in [-0.15, -0.1) is 5.10 Å². The van der Waals surface area contributed by atoms with Crippen molar-refractivity contribution in [2.45, 2.75) is 25.2 Å². The molecule has 2 unspecified atom stereocenters. The Morgan fingerprint density at radius 3 is 2.55 bits per heavy atom. The number of aromatic nitrogens is 3. The van der Waals surface area contributed by atoms with E-state index in [1.807, 2.05) is 0 Å². The van der Waals surface area contributed by atoms with Crippen LogP contribution in [0.1, 0.15) is 20.3 Å². The second-order valence-corrected chi connectivity index (χ2v) is 8.00. The number of benzene rings is 1. The van der Waals surface area contributed by atoms with Crippen molar-refractivity contribution in [1.82, 2.24) is 19.5 Å². The predicted octanol–water partition coefficient (Wildman–Crippen LogP) is 1.16. The van der Waals surface area contributed by atoms with Crippen LogP contribution in [0.3, 0.4) is 0 Å². The van der Waals surface area contributed by atoms with Gasteiger partial charge in [-0.3, -0.25) is 0 Å². The molecule has 2 aromatic rings. The molecule has 2 heterocycles. The van der Waals surface area contributed by atoms with Crippen LogP contribution in [0, 0.1) is 11.8 Å². The lowest BCUT2D eigenvalue weighted by atomic mass is 9.94. The molecule has 0 saturated carbocycles. The largest absolute Gasteiger partial charge is 0.398 e. The van der Waals surface area contributed by atoms with E-state index in [1.54, 1.807) is 22.5 Å². The summed E-state index contributed by atoms with van der Waals surface area (Å²) in [6.45, 7) is 5.30. The fourth-order valence-corrected chi connectivity index (χ4v) is 4.82. The van der Waals surface area contributed by atoms with Crippen molar-refractivity contribution in [3.8, 4) is 0 Å². The van der Waals surface area contributed by atoms with Gasteiger partial charge in [0.2, 0.25) is 10.0 Å². The molecule has 120 valence electrons. The van der Waals surface area contributed by atoms with Gasteiger partial charge in [-0.05, 0) is 41.7 Å². The van der Waals surface area contributed by atoms with E-state index in [0.29, 0.717) is 36.0 Å². The summed E-state index contributed by atoms with van der Waals surface area (Å²) >= 11 is 0. The molecule has 0 N–H and O–H groups in total. The Hall–Kier alpha value is -1.67. The highest BCUT2D eigenvalue weighted by atomic mass is 32.2. The van der Waals surface area contributed by atoms with Crippen molar-refractivity contribution in [2.24, 2.45) is 11.8 Å². The van der Waals surface area contributed by atoms with Crippen molar-refractivity contribution < 1.29 is 13.3 Å². The van der Waals surface area contributed by atoms with Gasteiger partial charge in [0.1, 0.15) is 18.1 Å². The molecule has 1 aromatic carbocycles. The lowest BCUT2D eigenvalue weighted by molar-refractivity contribution is 0.139. The smallest absolute Gasteiger partial charge is 0.243 e. The first-order valence-corrected chi connectivity index (χ1v) is 8.76. The lowest BCUT2D eigenvalue weighted by Gasteiger charge is -2.34. The van der Waals surface area contributed by atoms with Crippen molar-refractivity contribution >= 4 is 21.1 Å². The monoisotopic (exact) mass is 324 g/mol. The molecule has 1 aliphatic heterocycles. The fourth-order valence-electron chi connectivity index (χ4n) is 3.12. The van der Waals surface area contributed by atoms with Gasteiger partial charge in [0.15, 0.2) is 0 Å². The number of sulfonamides is 1. The molecule has 0 amide bonds. The Morgan fingerprint density at radius 2 is 1.91 bits per heavy atom. The summed E-state index contributed by atoms with van der Waals surface area (Å²) in [5.74, 6) is 0.738. The average Bonchev–Trinajstić information content (AvgIpc) is 2.88. The maximum atomic E-state index is 12.9. The molecule has 3 rings (SSSR count). The SMILES string of the molecule is COn1nnc2ccc(S(=O)(=O)N3CC(C)CC(C)C3)cc21. The standard InChI is InChI=1S/C14H20N4O3S/c1-10-6-11(2)9-17(8-10)22(19,20)12-4-5-13-14(7-12)18(21-3)16-15-13/h4-5,7,10-11H,6,8-9H2,1-3H3. The van der Waals surface area contributed by atoms with Crippen molar-refractivity contribution in [2.75, 3.05) is 20.2 Å². The maximum Gasteiger partial charge on any atom is 0.243 e. The molecule has 0 radical (unpaired) electrons. The van der Waals surface area contributed by atoms with Crippen LogP contribution in [0.2, 0.25) is 0 Å². The van der Waals surface area contributed by atoms with Crippen LogP contribution in [-0.4, -0.2) is 48.1 Å². The van der Waals surface area contributed by atoms with Crippen LogP contribution >= 0.6 is 0 Å². The van der Waals surface area contributed by atoms with E-state index in [2.05, 4.69) is 24.2 Å². The molecule has 22 heavy (non-hydrogen) atoms. The Balaban J connectivity index is 2.01. The summed E-state index contributed by atoms with van der Waals surface area (Å²) in [6, 6.07) is 4.80. The van der Waals surface area contributed by atoms with Gasteiger partial charge in [0.25, 0.3) is 0 Å². The minimum atomic E-state index is -3.51. The summed E-state index contributed by atoms with van der Waals surface area (Å²) in [6.07, 6.45) is 1.06. The van der Waals surface area contributed by atoms with E-state index in [-0.39, 0.29) is 4.90 Å². The molecular formula is C14H20N4O3S. The highest BCUT2D eigenvalue weighted by molar-refractivity contribution is 7.89. The zero-order valence-electron chi connectivity index (χ0n) is 12.9. The third-order valence-electron chi connectivity index (χ3n) is 4.03. The van der Waals surface area contributed by atoms with E-state index in [1.165, 1.54) is 12.0 Å². The molecule has 8 heteroatoms. The number of fused-ring (bicyclic) bond motifs is 1. The average molecular weight is 324 g/mol. The number of piperidine rings is 1. The van der Waals surface area contributed by atoms with Crippen LogP contribution in [0.5, 0.6) is 0 Å². The van der Waals surface area contributed by atoms with Gasteiger partial charge >= 0.3 is 0 Å².